The summed E-state index contributed by atoms with van der Waals surface area (Å²) in [7, 11) is 0. The molecule has 7 heteroatoms. The first-order chi connectivity index (χ1) is 14.2. The molecule has 0 aliphatic carbocycles. The molecular formula is C22H26N4O3. The summed E-state index contributed by atoms with van der Waals surface area (Å²) < 4.78 is 6.06. The smallest absolute Gasteiger partial charge is 0.319 e. The van der Waals surface area contributed by atoms with E-state index in [0.717, 1.165) is 24.0 Å². The maximum absolute atomic E-state index is 12.6. The molecule has 2 aromatic rings. The van der Waals surface area contributed by atoms with E-state index in [1.54, 1.807) is 4.90 Å². The topological polar surface area (TPSA) is 82.7 Å². The molecule has 2 aliphatic rings. The van der Waals surface area contributed by atoms with Crippen molar-refractivity contribution in [1.82, 2.24) is 15.5 Å². The number of anilines is 1. The van der Waals surface area contributed by atoms with Crippen LogP contribution in [0.25, 0.3) is 0 Å². The third-order valence-electron chi connectivity index (χ3n) is 5.51. The third-order valence-corrected chi connectivity index (χ3v) is 5.51. The van der Waals surface area contributed by atoms with Gasteiger partial charge in [-0.05, 0) is 30.0 Å². The van der Waals surface area contributed by atoms with Crippen LogP contribution in [0.3, 0.4) is 0 Å². The first kappa shape index (κ1) is 19.3. The van der Waals surface area contributed by atoms with E-state index >= 15 is 0 Å². The lowest BCUT2D eigenvalue weighted by Crippen LogP contribution is -2.42. The predicted molar refractivity (Wildman–Crippen MR) is 111 cm³/mol. The summed E-state index contributed by atoms with van der Waals surface area (Å²) >= 11 is 0. The van der Waals surface area contributed by atoms with Gasteiger partial charge in [0.2, 0.25) is 0 Å². The van der Waals surface area contributed by atoms with Gasteiger partial charge in [0.05, 0.1) is 6.54 Å². The van der Waals surface area contributed by atoms with Crippen LogP contribution in [-0.4, -0.2) is 43.2 Å². The van der Waals surface area contributed by atoms with Gasteiger partial charge >= 0.3 is 12.1 Å². The van der Waals surface area contributed by atoms with Crippen LogP contribution in [0, 0.1) is 0 Å². The van der Waals surface area contributed by atoms with E-state index in [9.17, 15) is 9.59 Å². The van der Waals surface area contributed by atoms with Crippen LogP contribution in [0.15, 0.2) is 54.6 Å². The van der Waals surface area contributed by atoms with Crippen LogP contribution in [0.1, 0.15) is 24.0 Å². The zero-order valence-corrected chi connectivity index (χ0v) is 16.3. The Kier molecular flexibility index (Phi) is 5.67. The van der Waals surface area contributed by atoms with Gasteiger partial charge in [0.15, 0.2) is 0 Å². The van der Waals surface area contributed by atoms with Crippen LogP contribution in [-0.2, 0) is 16.9 Å². The van der Waals surface area contributed by atoms with Gasteiger partial charge in [0.1, 0.15) is 5.60 Å². The number of rotatable bonds is 6. The third kappa shape index (κ3) is 4.35. The highest BCUT2D eigenvalue weighted by atomic mass is 16.5. The number of hydrogen-bond acceptors (Lipinski definition) is 3. The van der Waals surface area contributed by atoms with E-state index in [2.05, 4.69) is 16.0 Å². The molecular weight excluding hydrogens is 368 g/mol. The number of urea groups is 2. The van der Waals surface area contributed by atoms with Gasteiger partial charge in [-0.2, -0.15) is 0 Å². The Labute approximate surface area is 170 Å². The Morgan fingerprint density at radius 1 is 1.14 bits per heavy atom. The molecule has 7 nitrogen and oxygen atoms in total. The fourth-order valence-electron chi connectivity index (χ4n) is 3.95. The average Bonchev–Trinajstić information content (AvgIpc) is 3.39. The molecule has 2 aliphatic heterocycles. The minimum Gasteiger partial charge on any atom is -0.368 e. The lowest BCUT2D eigenvalue weighted by molar-refractivity contribution is 0.00329. The van der Waals surface area contributed by atoms with Crippen LogP contribution in [0.5, 0.6) is 0 Å². The monoisotopic (exact) mass is 394 g/mol. The van der Waals surface area contributed by atoms with E-state index < -0.39 is 5.60 Å². The fraction of sp³-hybridized carbons (Fsp3) is 0.364. The lowest BCUT2D eigenvalue weighted by Gasteiger charge is -2.29. The predicted octanol–water partition coefficient (Wildman–Crippen LogP) is 3.04. The van der Waals surface area contributed by atoms with Crippen molar-refractivity contribution < 1.29 is 14.3 Å². The number of amides is 4. The average molecular weight is 394 g/mol. The van der Waals surface area contributed by atoms with E-state index in [1.807, 2.05) is 54.6 Å². The number of carbonyl (C=O) groups excluding carboxylic acids is 2. The highest BCUT2D eigenvalue weighted by Crippen LogP contribution is 2.35. The molecule has 1 atom stereocenters. The van der Waals surface area contributed by atoms with Crippen molar-refractivity contribution in [2.45, 2.75) is 25.0 Å². The zero-order valence-electron chi connectivity index (χ0n) is 16.3. The fourth-order valence-corrected chi connectivity index (χ4v) is 3.95. The molecule has 152 valence electrons. The summed E-state index contributed by atoms with van der Waals surface area (Å²) in [6.45, 7) is 2.87. The Bertz CT molecular complexity index is 865. The van der Waals surface area contributed by atoms with Crippen LogP contribution in [0.4, 0.5) is 15.3 Å². The van der Waals surface area contributed by atoms with Crippen molar-refractivity contribution in [2.75, 3.05) is 31.6 Å². The maximum atomic E-state index is 12.6. The largest absolute Gasteiger partial charge is 0.368 e. The molecule has 2 aromatic carbocycles. The molecule has 29 heavy (non-hydrogen) atoms. The van der Waals surface area contributed by atoms with Crippen molar-refractivity contribution in [1.29, 1.82) is 0 Å². The second-order valence-corrected chi connectivity index (χ2v) is 7.43. The molecule has 4 amide bonds. The molecule has 0 aromatic heterocycles. The van der Waals surface area contributed by atoms with Gasteiger partial charge in [-0.15, -0.1) is 0 Å². The van der Waals surface area contributed by atoms with Gasteiger partial charge < -0.3 is 25.6 Å². The first-order valence-electron chi connectivity index (χ1n) is 10.0. The van der Waals surface area contributed by atoms with Crippen molar-refractivity contribution in [3.63, 3.8) is 0 Å². The summed E-state index contributed by atoms with van der Waals surface area (Å²) in [5.41, 5.74) is 2.20. The molecule has 0 saturated carbocycles. The molecule has 0 spiro atoms. The van der Waals surface area contributed by atoms with E-state index in [4.69, 9.17) is 4.74 Å². The Morgan fingerprint density at radius 2 is 1.93 bits per heavy atom. The Morgan fingerprint density at radius 3 is 2.66 bits per heavy atom. The Hall–Kier alpha value is -3.06. The van der Waals surface area contributed by atoms with Crippen molar-refractivity contribution in [3.05, 3.63) is 65.7 Å². The van der Waals surface area contributed by atoms with Gasteiger partial charge in [-0.1, -0.05) is 48.5 Å². The summed E-state index contributed by atoms with van der Waals surface area (Å²) in [5, 5.41) is 8.70. The van der Waals surface area contributed by atoms with Gasteiger partial charge in [0, 0.05) is 31.9 Å². The number of para-hydroxylation sites is 1. The van der Waals surface area contributed by atoms with Gasteiger partial charge in [-0.25, -0.2) is 9.59 Å². The summed E-state index contributed by atoms with van der Waals surface area (Å²) in [4.78, 5) is 26.2. The van der Waals surface area contributed by atoms with Crippen molar-refractivity contribution in [2.24, 2.45) is 0 Å². The molecule has 1 unspecified atom stereocenters. The highest BCUT2D eigenvalue weighted by Gasteiger charge is 2.37. The molecule has 0 radical (unpaired) electrons. The Balaban J connectivity index is 1.40. The van der Waals surface area contributed by atoms with Crippen LogP contribution < -0.4 is 16.0 Å². The number of carbonyl (C=O) groups is 2. The second-order valence-electron chi connectivity index (χ2n) is 7.43. The minimum absolute atomic E-state index is 0.0764. The first-order valence-corrected chi connectivity index (χ1v) is 10.0. The molecule has 2 heterocycles. The number of nitrogens with one attached hydrogen (secondary N) is 3. The maximum Gasteiger partial charge on any atom is 0.319 e. The zero-order chi connectivity index (χ0) is 20.1. The summed E-state index contributed by atoms with van der Waals surface area (Å²) in [5.74, 6) is 0. The van der Waals surface area contributed by atoms with Gasteiger partial charge in [-0.3, -0.25) is 0 Å². The molecule has 2 saturated heterocycles. The quantitative estimate of drug-likeness (QED) is 0.704. The van der Waals surface area contributed by atoms with E-state index in [-0.39, 0.29) is 12.1 Å². The van der Waals surface area contributed by atoms with Gasteiger partial charge in [0.25, 0.3) is 0 Å². The molecule has 2 fully saturated rings. The standard InChI is InChI=1S/C22H26N4O3/c27-20(24-16-22(11-6-14-29-22)18-8-2-1-3-9-18)25-19-10-5-4-7-17(19)15-26-13-12-23-21(26)28/h1-5,7-10H,6,11-16H2,(H,23,28)(H2,24,25,27). The molecule has 3 N–H and O–H groups in total. The molecule has 0 bridgehead atoms. The number of nitrogens with zero attached hydrogens (tertiary/aromatic N) is 1. The minimum atomic E-state index is -0.480. The van der Waals surface area contributed by atoms with Crippen LogP contribution in [0.2, 0.25) is 0 Å². The number of benzene rings is 2. The van der Waals surface area contributed by atoms with Crippen LogP contribution >= 0.6 is 0 Å². The highest BCUT2D eigenvalue weighted by molar-refractivity contribution is 5.90. The summed E-state index contributed by atoms with van der Waals surface area (Å²) in [6, 6.07) is 17.2. The SMILES string of the molecule is O=C(NCC1(c2ccccc2)CCCO1)Nc1ccccc1CN1CCNC1=O. The summed E-state index contributed by atoms with van der Waals surface area (Å²) in [6.07, 6.45) is 1.84. The number of hydrogen-bond donors (Lipinski definition) is 3. The van der Waals surface area contributed by atoms with E-state index in [1.165, 1.54) is 0 Å². The lowest BCUT2D eigenvalue weighted by atomic mass is 9.91. The number of ether oxygens (including phenoxy) is 1. The molecule has 4 rings (SSSR count). The van der Waals surface area contributed by atoms with Crippen molar-refractivity contribution in [3.8, 4) is 0 Å². The van der Waals surface area contributed by atoms with E-state index in [0.29, 0.717) is 38.5 Å². The van der Waals surface area contributed by atoms with Crippen molar-refractivity contribution >= 4 is 17.7 Å². The normalized spacial score (nSPS) is 21.1. The second kappa shape index (κ2) is 8.53.